The first-order valence-corrected chi connectivity index (χ1v) is 6.71. The highest BCUT2D eigenvalue weighted by Crippen LogP contribution is 2.38. The van der Waals surface area contributed by atoms with Crippen LogP contribution in [-0.4, -0.2) is 24.5 Å². The molecule has 0 aliphatic rings. The smallest absolute Gasteiger partial charge is 0.0655 e. The third-order valence-corrected chi connectivity index (χ3v) is 4.65. The average Bonchev–Trinajstić information content (AvgIpc) is 2.34. The van der Waals surface area contributed by atoms with Crippen molar-refractivity contribution in [3.8, 4) is 0 Å². The summed E-state index contributed by atoms with van der Waals surface area (Å²) >= 11 is 12.4. The van der Waals surface area contributed by atoms with Gasteiger partial charge in [-0.2, -0.15) is 0 Å². The van der Waals surface area contributed by atoms with Crippen LogP contribution in [0.3, 0.4) is 0 Å². The molecule has 3 N–H and O–H groups in total. The average molecular weight is 290 g/mol. The topological polar surface area (TPSA) is 41.3 Å². The van der Waals surface area contributed by atoms with Crippen LogP contribution in [0.5, 0.6) is 0 Å². The van der Waals surface area contributed by atoms with E-state index >= 15 is 0 Å². The van der Waals surface area contributed by atoms with Gasteiger partial charge in [-0.1, -0.05) is 42.3 Å². The number of hydrogen-bond donors (Lipinski definition) is 2. The molecule has 1 aromatic rings. The fraction of sp³-hybridized carbons (Fsp3) is 0.538. The standard InChI is InChI=1S/C13H21Cl2N3/c1-5-13(2,18(3)4)12(17-16)9-7-6-8-10(14)11(9)15/h6-8,12,17H,5,16H2,1-4H3. The molecule has 102 valence electrons. The van der Waals surface area contributed by atoms with E-state index in [2.05, 4.69) is 24.2 Å². The van der Waals surface area contributed by atoms with Crippen LogP contribution in [0.1, 0.15) is 31.9 Å². The molecule has 0 fully saturated rings. The van der Waals surface area contributed by atoms with Crippen LogP contribution < -0.4 is 11.3 Å². The van der Waals surface area contributed by atoms with Crippen LogP contribution in [0.15, 0.2) is 18.2 Å². The Morgan fingerprint density at radius 1 is 1.39 bits per heavy atom. The van der Waals surface area contributed by atoms with Gasteiger partial charge in [0.1, 0.15) is 0 Å². The van der Waals surface area contributed by atoms with Crippen LogP contribution in [0, 0.1) is 0 Å². The maximum Gasteiger partial charge on any atom is 0.0655 e. The molecule has 0 bridgehead atoms. The number of rotatable bonds is 5. The summed E-state index contributed by atoms with van der Waals surface area (Å²) in [6.07, 6.45) is 0.928. The summed E-state index contributed by atoms with van der Waals surface area (Å²) in [6, 6.07) is 5.53. The first-order chi connectivity index (χ1) is 8.38. The predicted octanol–water partition coefficient (Wildman–Crippen LogP) is 3.23. The molecule has 2 atom stereocenters. The largest absolute Gasteiger partial charge is 0.302 e. The van der Waals surface area contributed by atoms with Crippen molar-refractivity contribution in [1.29, 1.82) is 0 Å². The van der Waals surface area contributed by atoms with Crippen LogP contribution in [0.25, 0.3) is 0 Å². The van der Waals surface area contributed by atoms with E-state index in [0.29, 0.717) is 10.0 Å². The summed E-state index contributed by atoms with van der Waals surface area (Å²) in [7, 11) is 4.07. The number of halogens is 2. The summed E-state index contributed by atoms with van der Waals surface area (Å²) < 4.78 is 0. The lowest BCUT2D eigenvalue weighted by Crippen LogP contribution is -2.53. The Bertz CT molecular complexity index is 409. The maximum atomic E-state index is 6.29. The summed E-state index contributed by atoms with van der Waals surface area (Å²) in [5.41, 5.74) is 3.65. The minimum Gasteiger partial charge on any atom is -0.302 e. The van der Waals surface area contributed by atoms with Gasteiger partial charge in [0.2, 0.25) is 0 Å². The molecule has 0 heterocycles. The normalized spacial score (nSPS) is 16.7. The molecule has 1 aromatic carbocycles. The summed E-state index contributed by atoms with van der Waals surface area (Å²) in [6.45, 7) is 4.28. The number of hydrazine groups is 1. The second-order valence-electron chi connectivity index (χ2n) is 4.85. The third-order valence-electron chi connectivity index (χ3n) is 3.82. The first kappa shape index (κ1) is 15.7. The van der Waals surface area contributed by atoms with Crippen molar-refractivity contribution in [2.45, 2.75) is 31.8 Å². The lowest BCUT2D eigenvalue weighted by Gasteiger charge is -2.42. The molecule has 0 saturated carbocycles. The van der Waals surface area contributed by atoms with Crippen molar-refractivity contribution in [1.82, 2.24) is 10.3 Å². The van der Waals surface area contributed by atoms with E-state index in [9.17, 15) is 0 Å². The fourth-order valence-electron chi connectivity index (χ4n) is 2.13. The van der Waals surface area contributed by atoms with Crippen molar-refractivity contribution in [2.75, 3.05) is 14.1 Å². The van der Waals surface area contributed by atoms with E-state index in [0.717, 1.165) is 12.0 Å². The molecule has 3 nitrogen and oxygen atoms in total. The number of benzene rings is 1. The molecule has 5 heteroatoms. The van der Waals surface area contributed by atoms with Gasteiger partial charge in [0, 0.05) is 5.54 Å². The van der Waals surface area contributed by atoms with Gasteiger partial charge in [-0.05, 0) is 39.1 Å². The Hall–Kier alpha value is -0.320. The maximum absolute atomic E-state index is 6.29. The Morgan fingerprint density at radius 2 is 2.00 bits per heavy atom. The lowest BCUT2D eigenvalue weighted by molar-refractivity contribution is 0.113. The van der Waals surface area contributed by atoms with Gasteiger partial charge >= 0.3 is 0 Å². The zero-order chi connectivity index (χ0) is 13.9. The summed E-state index contributed by atoms with van der Waals surface area (Å²) in [5, 5.41) is 1.11. The van der Waals surface area contributed by atoms with Gasteiger partial charge in [0.25, 0.3) is 0 Å². The lowest BCUT2D eigenvalue weighted by atomic mass is 9.84. The Balaban J connectivity index is 3.29. The van der Waals surface area contributed by atoms with Crippen molar-refractivity contribution < 1.29 is 0 Å². The fourth-order valence-corrected chi connectivity index (χ4v) is 2.54. The molecular formula is C13H21Cl2N3. The van der Waals surface area contributed by atoms with E-state index in [1.807, 2.05) is 26.2 Å². The van der Waals surface area contributed by atoms with Gasteiger partial charge in [-0.15, -0.1) is 0 Å². The molecule has 0 saturated heterocycles. The quantitative estimate of drug-likeness (QED) is 0.646. The van der Waals surface area contributed by atoms with Gasteiger partial charge in [0.15, 0.2) is 0 Å². The molecule has 18 heavy (non-hydrogen) atoms. The molecule has 2 unspecified atom stereocenters. The van der Waals surface area contributed by atoms with Crippen molar-refractivity contribution in [3.63, 3.8) is 0 Å². The highest BCUT2D eigenvalue weighted by atomic mass is 35.5. The molecule has 0 amide bonds. The summed E-state index contributed by atoms with van der Waals surface area (Å²) in [5.74, 6) is 5.74. The van der Waals surface area contributed by atoms with E-state index in [1.54, 1.807) is 6.07 Å². The predicted molar refractivity (Wildman–Crippen MR) is 78.9 cm³/mol. The monoisotopic (exact) mass is 289 g/mol. The van der Waals surface area contributed by atoms with Crippen LogP contribution >= 0.6 is 23.2 Å². The Labute approximate surface area is 119 Å². The number of nitrogens with two attached hydrogens (primary N) is 1. The van der Waals surface area contributed by atoms with Gasteiger partial charge in [-0.3, -0.25) is 11.3 Å². The van der Waals surface area contributed by atoms with E-state index < -0.39 is 0 Å². The highest BCUT2D eigenvalue weighted by molar-refractivity contribution is 6.42. The zero-order valence-electron chi connectivity index (χ0n) is 11.3. The SMILES string of the molecule is CCC(C)(C(NN)c1cccc(Cl)c1Cl)N(C)C. The molecule has 0 spiro atoms. The summed E-state index contributed by atoms with van der Waals surface area (Å²) in [4.78, 5) is 2.15. The molecule has 0 radical (unpaired) electrons. The second-order valence-corrected chi connectivity index (χ2v) is 5.63. The van der Waals surface area contributed by atoms with Crippen molar-refractivity contribution in [2.24, 2.45) is 5.84 Å². The minimum absolute atomic E-state index is 0.0938. The molecule has 0 aliphatic carbocycles. The minimum atomic E-state index is -0.150. The number of nitrogens with zero attached hydrogens (tertiary/aromatic N) is 1. The molecule has 0 aromatic heterocycles. The van der Waals surface area contributed by atoms with Gasteiger partial charge in [-0.25, -0.2) is 0 Å². The second kappa shape index (κ2) is 6.22. The zero-order valence-corrected chi connectivity index (χ0v) is 12.8. The van der Waals surface area contributed by atoms with Gasteiger partial charge < -0.3 is 4.90 Å². The number of likely N-dealkylation sites (N-methyl/N-ethyl adjacent to an activating group) is 1. The van der Waals surface area contributed by atoms with Gasteiger partial charge in [0.05, 0.1) is 16.1 Å². The Kier molecular flexibility index (Phi) is 5.44. The molecule has 1 rings (SSSR count). The molecular weight excluding hydrogens is 269 g/mol. The van der Waals surface area contributed by atoms with Crippen molar-refractivity contribution in [3.05, 3.63) is 33.8 Å². The number of hydrogen-bond acceptors (Lipinski definition) is 3. The Morgan fingerprint density at radius 3 is 2.44 bits per heavy atom. The highest BCUT2D eigenvalue weighted by Gasteiger charge is 2.36. The number of nitrogens with one attached hydrogen (secondary N) is 1. The van der Waals surface area contributed by atoms with E-state index in [1.165, 1.54) is 0 Å². The van der Waals surface area contributed by atoms with E-state index in [-0.39, 0.29) is 11.6 Å². The van der Waals surface area contributed by atoms with Crippen molar-refractivity contribution >= 4 is 23.2 Å². The van der Waals surface area contributed by atoms with Crippen LogP contribution in [0.2, 0.25) is 10.0 Å². The van der Waals surface area contributed by atoms with Crippen LogP contribution in [-0.2, 0) is 0 Å². The first-order valence-electron chi connectivity index (χ1n) is 5.96. The third kappa shape index (κ3) is 2.81. The van der Waals surface area contributed by atoms with Crippen LogP contribution in [0.4, 0.5) is 0 Å². The molecule has 0 aliphatic heterocycles. The van der Waals surface area contributed by atoms with E-state index in [4.69, 9.17) is 29.0 Å².